The zero-order valence-corrected chi connectivity index (χ0v) is 18.0. The maximum atomic E-state index is 10.7. The van der Waals surface area contributed by atoms with E-state index in [1.165, 1.54) is 12.2 Å². The number of carboxylic acids is 2. The number of methoxy groups -OCH3 is 2. The van der Waals surface area contributed by atoms with Gasteiger partial charge in [-0.25, -0.2) is 9.59 Å². The van der Waals surface area contributed by atoms with Crippen molar-refractivity contribution in [2.45, 2.75) is 0 Å². The molecule has 8 nitrogen and oxygen atoms in total. The Labute approximate surface area is 186 Å². The van der Waals surface area contributed by atoms with E-state index < -0.39 is 11.9 Å². The summed E-state index contributed by atoms with van der Waals surface area (Å²) in [7, 11) is 3.20. The first-order valence-electron chi connectivity index (χ1n) is 10.1. The standard InChI is InChI=1S/C24H26N2O6/c1-31-21-15-17(5-9-23(27)28)3-7-19(21)25-11-13-26(14-12-25)20-8-4-18(6-10-24(29)30)16-22(20)32-2/h3-10,15-16H,11-14H2,1-2H3,(H,27,28)(H,29,30)/b9-5+,10-6+. The Morgan fingerprint density at radius 1 is 0.750 bits per heavy atom. The lowest BCUT2D eigenvalue weighted by atomic mass is 10.1. The summed E-state index contributed by atoms with van der Waals surface area (Å²) in [6.45, 7) is 3.07. The molecule has 0 atom stereocenters. The van der Waals surface area contributed by atoms with Gasteiger partial charge >= 0.3 is 11.9 Å². The summed E-state index contributed by atoms with van der Waals surface area (Å²) in [6, 6.07) is 11.3. The lowest BCUT2D eigenvalue weighted by molar-refractivity contribution is -0.132. The first-order valence-corrected chi connectivity index (χ1v) is 10.1. The van der Waals surface area contributed by atoms with E-state index >= 15 is 0 Å². The molecule has 1 aliphatic heterocycles. The maximum absolute atomic E-state index is 10.7. The van der Waals surface area contributed by atoms with E-state index in [9.17, 15) is 9.59 Å². The van der Waals surface area contributed by atoms with Crippen LogP contribution in [0.2, 0.25) is 0 Å². The number of benzene rings is 2. The smallest absolute Gasteiger partial charge is 0.328 e. The van der Waals surface area contributed by atoms with Crippen LogP contribution in [0.25, 0.3) is 12.2 Å². The fourth-order valence-corrected chi connectivity index (χ4v) is 3.64. The summed E-state index contributed by atoms with van der Waals surface area (Å²) >= 11 is 0. The molecule has 0 unspecified atom stereocenters. The number of piperazine rings is 1. The van der Waals surface area contributed by atoms with Gasteiger partial charge in [0.05, 0.1) is 25.6 Å². The number of carbonyl (C=O) groups is 2. The second kappa shape index (κ2) is 10.4. The predicted octanol–water partition coefficient (Wildman–Crippen LogP) is 3.23. The van der Waals surface area contributed by atoms with Crippen molar-refractivity contribution in [1.29, 1.82) is 0 Å². The molecule has 32 heavy (non-hydrogen) atoms. The van der Waals surface area contributed by atoms with Gasteiger partial charge in [0.25, 0.3) is 0 Å². The zero-order valence-electron chi connectivity index (χ0n) is 18.0. The Morgan fingerprint density at radius 3 is 1.44 bits per heavy atom. The molecule has 1 saturated heterocycles. The number of carboxylic acid groups (broad SMARTS) is 2. The molecule has 1 aliphatic rings. The number of ether oxygens (including phenoxy) is 2. The average molecular weight is 438 g/mol. The summed E-state index contributed by atoms with van der Waals surface area (Å²) in [6.07, 6.45) is 5.27. The van der Waals surface area contributed by atoms with E-state index in [4.69, 9.17) is 19.7 Å². The fraction of sp³-hybridized carbons (Fsp3) is 0.250. The van der Waals surface area contributed by atoms with Crippen LogP contribution in [0.1, 0.15) is 11.1 Å². The highest BCUT2D eigenvalue weighted by molar-refractivity contribution is 5.86. The van der Waals surface area contributed by atoms with Crippen LogP contribution in [0, 0.1) is 0 Å². The number of rotatable bonds is 8. The number of aliphatic carboxylic acids is 2. The van der Waals surface area contributed by atoms with Crippen LogP contribution >= 0.6 is 0 Å². The Morgan fingerprint density at radius 2 is 1.12 bits per heavy atom. The van der Waals surface area contributed by atoms with Gasteiger partial charge in [-0.2, -0.15) is 0 Å². The minimum Gasteiger partial charge on any atom is -0.495 e. The third-order valence-corrected chi connectivity index (χ3v) is 5.21. The molecule has 0 amide bonds. The van der Waals surface area contributed by atoms with Crippen LogP contribution in [0.3, 0.4) is 0 Å². The predicted molar refractivity (Wildman–Crippen MR) is 124 cm³/mol. The van der Waals surface area contributed by atoms with E-state index in [0.717, 1.165) is 60.8 Å². The molecule has 0 radical (unpaired) electrons. The van der Waals surface area contributed by atoms with Gasteiger partial charge < -0.3 is 29.5 Å². The third kappa shape index (κ3) is 5.60. The van der Waals surface area contributed by atoms with Crippen molar-refractivity contribution in [3.05, 3.63) is 59.7 Å². The maximum Gasteiger partial charge on any atom is 0.328 e. The molecule has 0 saturated carbocycles. The Balaban J connectivity index is 1.72. The van der Waals surface area contributed by atoms with E-state index in [1.54, 1.807) is 14.2 Å². The fourth-order valence-electron chi connectivity index (χ4n) is 3.64. The van der Waals surface area contributed by atoms with Crippen molar-refractivity contribution in [3.63, 3.8) is 0 Å². The molecule has 0 aliphatic carbocycles. The molecule has 0 bridgehead atoms. The Hall–Kier alpha value is -3.94. The second-order valence-corrected chi connectivity index (χ2v) is 7.18. The van der Waals surface area contributed by atoms with Gasteiger partial charge in [0, 0.05) is 38.3 Å². The Kier molecular flexibility index (Phi) is 7.38. The highest BCUT2D eigenvalue weighted by Gasteiger charge is 2.22. The topological polar surface area (TPSA) is 99.5 Å². The van der Waals surface area contributed by atoms with Gasteiger partial charge in [0.2, 0.25) is 0 Å². The van der Waals surface area contributed by atoms with Crippen molar-refractivity contribution in [1.82, 2.24) is 0 Å². The zero-order chi connectivity index (χ0) is 23.1. The summed E-state index contributed by atoms with van der Waals surface area (Å²) in [5.41, 5.74) is 3.43. The first kappa shape index (κ1) is 22.7. The largest absolute Gasteiger partial charge is 0.495 e. The van der Waals surface area contributed by atoms with Crippen molar-refractivity contribution < 1.29 is 29.3 Å². The summed E-state index contributed by atoms with van der Waals surface area (Å²) in [4.78, 5) is 26.0. The lowest BCUT2D eigenvalue weighted by Crippen LogP contribution is -2.46. The van der Waals surface area contributed by atoms with Crippen LogP contribution in [0.15, 0.2) is 48.6 Å². The average Bonchev–Trinajstić information content (AvgIpc) is 2.81. The molecule has 2 N–H and O–H groups in total. The van der Waals surface area contributed by atoms with E-state index in [0.29, 0.717) is 11.5 Å². The van der Waals surface area contributed by atoms with Crippen LogP contribution in [-0.4, -0.2) is 62.6 Å². The molecule has 1 fully saturated rings. The van der Waals surface area contributed by atoms with Gasteiger partial charge in [0.15, 0.2) is 0 Å². The van der Waals surface area contributed by atoms with E-state index in [2.05, 4.69) is 9.80 Å². The van der Waals surface area contributed by atoms with Crippen molar-refractivity contribution in [2.24, 2.45) is 0 Å². The minimum atomic E-state index is -0.995. The molecule has 0 aromatic heterocycles. The van der Waals surface area contributed by atoms with Gasteiger partial charge in [0.1, 0.15) is 11.5 Å². The summed E-state index contributed by atoms with van der Waals surface area (Å²) in [5.74, 6) is -0.604. The number of anilines is 2. The van der Waals surface area contributed by atoms with Crippen LogP contribution in [0.5, 0.6) is 11.5 Å². The quantitative estimate of drug-likeness (QED) is 0.606. The monoisotopic (exact) mass is 438 g/mol. The number of hydrogen-bond acceptors (Lipinski definition) is 6. The van der Waals surface area contributed by atoms with Gasteiger partial charge in [-0.1, -0.05) is 12.1 Å². The lowest BCUT2D eigenvalue weighted by Gasteiger charge is -2.38. The molecule has 3 rings (SSSR count). The summed E-state index contributed by atoms with van der Waals surface area (Å²) in [5, 5.41) is 17.6. The number of hydrogen-bond donors (Lipinski definition) is 2. The SMILES string of the molecule is COc1cc(/C=C/C(=O)O)ccc1N1CCN(c2ccc(/C=C/C(=O)O)cc2OC)CC1. The molecule has 2 aromatic rings. The molecule has 8 heteroatoms. The minimum absolute atomic E-state index is 0.693. The first-order chi connectivity index (χ1) is 15.4. The summed E-state index contributed by atoms with van der Waals surface area (Å²) < 4.78 is 11.1. The van der Waals surface area contributed by atoms with Crippen LogP contribution in [-0.2, 0) is 9.59 Å². The highest BCUT2D eigenvalue weighted by Crippen LogP contribution is 2.34. The molecule has 168 valence electrons. The normalized spacial score (nSPS) is 14.2. The molecular formula is C24H26N2O6. The van der Waals surface area contributed by atoms with E-state index in [1.807, 2.05) is 36.4 Å². The molecule has 1 heterocycles. The molecule has 0 spiro atoms. The Bertz CT molecular complexity index is 955. The van der Waals surface area contributed by atoms with Gasteiger partial charge in [-0.15, -0.1) is 0 Å². The number of nitrogens with zero attached hydrogens (tertiary/aromatic N) is 2. The molecule has 2 aromatic carbocycles. The van der Waals surface area contributed by atoms with Gasteiger partial charge in [-0.3, -0.25) is 0 Å². The van der Waals surface area contributed by atoms with Crippen molar-refractivity contribution in [2.75, 3.05) is 50.2 Å². The van der Waals surface area contributed by atoms with Gasteiger partial charge in [-0.05, 0) is 47.5 Å². The van der Waals surface area contributed by atoms with Crippen LogP contribution in [0.4, 0.5) is 11.4 Å². The third-order valence-electron chi connectivity index (χ3n) is 5.21. The molecular weight excluding hydrogens is 412 g/mol. The van der Waals surface area contributed by atoms with Crippen molar-refractivity contribution >= 4 is 35.5 Å². The van der Waals surface area contributed by atoms with E-state index in [-0.39, 0.29) is 0 Å². The second-order valence-electron chi connectivity index (χ2n) is 7.18. The van der Waals surface area contributed by atoms with Crippen molar-refractivity contribution in [3.8, 4) is 11.5 Å². The van der Waals surface area contributed by atoms with Crippen LogP contribution < -0.4 is 19.3 Å². The highest BCUT2D eigenvalue weighted by atomic mass is 16.5.